The molecule has 59 heavy (non-hydrogen) atoms. The highest BCUT2D eigenvalue weighted by molar-refractivity contribution is 8.15. The second-order valence-corrected chi connectivity index (χ2v) is 19.7. The van der Waals surface area contributed by atoms with Gasteiger partial charge in [-0.05, 0) is 101 Å². The molecule has 0 saturated carbocycles. The molecule has 5 aliphatic rings. The van der Waals surface area contributed by atoms with Crippen LogP contribution in [0.25, 0.3) is 55.3 Å². The number of benzene rings is 6. The van der Waals surface area contributed by atoms with Crippen LogP contribution < -0.4 is 4.74 Å². The number of ether oxygens (including phenoxy) is 1. The van der Waals surface area contributed by atoms with Gasteiger partial charge in [-0.2, -0.15) is 10.5 Å². The first-order chi connectivity index (χ1) is 28.7. The molecular formula is C53H36O4S2. The Bertz CT molecular complexity index is 3280. The van der Waals surface area contributed by atoms with Crippen LogP contribution in [0, 0.1) is 5.92 Å². The molecule has 284 valence electrons. The van der Waals surface area contributed by atoms with Crippen molar-refractivity contribution in [2.45, 2.75) is 38.9 Å². The Morgan fingerprint density at radius 2 is 1.34 bits per heavy atom. The first kappa shape index (κ1) is 34.7. The van der Waals surface area contributed by atoms with E-state index in [9.17, 15) is 9.59 Å². The van der Waals surface area contributed by atoms with Crippen molar-refractivity contribution in [3.63, 3.8) is 0 Å². The van der Waals surface area contributed by atoms with Crippen LogP contribution in [-0.2, 0) is 0 Å². The normalized spacial score (nSPS) is 23.4. The summed E-state index contributed by atoms with van der Waals surface area (Å²) >= 11 is 0. The van der Waals surface area contributed by atoms with Gasteiger partial charge in [0.05, 0.1) is 5.92 Å². The number of allylic oxidation sites excluding steroid dienone is 5. The number of ketones is 2. The number of furan rings is 1. The average Bonchev–Trinajstić information content (AvgIpc) is 3.80. The maximum atomic E-state index is 14.4. The van der Waals surface area contributed by atoms with Gasteiger partial charge in [-0.3, -0.25) is 9.59 Å². The van der Waals surface area contributed by atoms with E-state index >= 15 is 0 Å². The summed E-state index contributed by atoms with van der Waals surface area (Å²) in [6.07, 6.45) is 13.7. The van der Waals surface area contributed by atoms with Crippen molar-refractivity contribution < 1.29 is 18.7 Å². The van der Waals surface area contributed by atoms with E-state index in [0.29, 0.717) is 16.7 Å². The number of fused-ring (bicyclic) bond motifs is 10. The fraction of sp³-hybridized carbons (Fsp3) is 0.0943. The first-order valence-corrected chi connectivity index (χ1v) is 22.7. The third kappa shape index (κ3) is 5.13. The number of carbonyl (C=O) groups excluding carboxylic acids is 2. The molecule has 0 spiro atoms. The van der Waals surface area contributed by atoms with Crippen LogP contribution in [0.3, 0.4) is 0 Å². The summed E-state index contributed by atoms with van der Waals surface area (Å²) in [5.41, 5.74) is 11.5. The Kier molecular flexibility index (Phi) is 7.39. The molecule has 4 heterocycles. The topological polar surface area (TPSA) is 56.5 Å². The fourth-order valence-electron chi connectivity index (χ4n) is 9.65. The number of hydrogen-bond donors (Lipinski definition) is 0. The Balaban J connectivity index is 0.859. The molecule has 2 aliphatic carbocycles. The van der Waals surface area contributed by atoms with Crippen LogP contribution in [0.15, 0.2) is 171 Å². The number of carbonyl (C=O) groups is 2. The Hall–Kier alpha value is -6.34. The molecule has 7 aromatic rings. The molecule has 5 atom stereocenters. The quantitative estimate of drug-likeness (QED) is 0.167. The van der Waals surface area contributed by atoms with Crippen LogP contribution in [0.1, 0.15) is 50.8 Å². The molecule has 0 fully saturated rings. The van der Waals surface area contributed by atoms with Gasteiger partial charge in [0.15, 0.2) is 11.6 Å². The summed E-state index contributed by atoms with van der Waals surface area (Å²) in [5.74, 6) is 9.79. The van der Waals surface area contributed by atoms with E-state index in [1.165, 1.54) is 5.57 Å². The van der Waals surface area contributed by atoms with Crippen molar-refractivity contribution in [2.75, 3.05) is 0 Å². The molecule has 0 amide bonds. The van der Waals surface area contributed by atoms with Crippen LogP contribution in [0.4, 0.5) is 0 Å². The van der Waals surface area contributed by atoms with Crippen molar-refractivity contribution in [3.05, 3.63) is 180 Å². The van der Waals surface area contributed by atoms with Crippen LogP contribution in [0.2, 0.25) is 0 Å². The fourth-order valence-corrected chi connectivity index (χ4v) is 13.0. The zero-order valence-corrected chi connectivity index (χ0v) is 33.8. The third-order valence-electron chi connectivity index (χ3n) is 12.8. The minimum absolute atomic E-state index is 0.00708. The standard InChI is InChI=1S/C53H36O4S2/c1-53-23-7-6-9-43(53)38-18-12-35(29-46(38)57-53)33-16-22-50-42(27-33)52(55)40-25-31(14-20-48(40)59(50)3)30-13-19-47-39(24-30)51(54)41-26-32(15-21-49(41)58(47)2)34-11-17-37-36-8-4-5-10-44(36)56-45(37)28-34/h4-22,24-29,41,49H,2-3,23H2,1H3. The maximum absolute atomic E-state index is 14.4. The number of para-hydroxylation sites is 1. The molecule has 0 N–H and O–H groups in total. The molecule has 6 aromatic carbocycles. The van der Waals surface area contributed by atoms with E-state index in [2.05, 4.69) is 128 Å². The molecule has 4 nitrogen and oxygen atoms in total. The molecule has 1 aromatic heterocycles. The molecule has 5 unspecified atom stereocenters. The van der Waals surface area contributed by atoms with Crippen LogP contribution in [0.5, 0.6) is 5.75 Å². The zero-order chi connectivity index (χ0) is 39.7. The van der Waals surface area contributed by atoms with E-state index in [1.807, 2.05) is 42.5 Å². The van der Waals surface area contributed by atoms with Crippen molar-refractivity contribution >= 4 is 77.4 Å². The van der Waals surface area contributed by atoms with E-state index in [1.54, 1.807) is 0 Å². The van der Waals surface area contributed by atoms with Crippen molar-refractivity contribution in [2.24, 2.45) is 5.92 Å². The maximum Gasteiger partial charge on any atom is 0.195 e. The highest BCUT2D eigenvalue weighted by atomic mass is 32.2. The zero-order valence-electron chi connectivity index (χ0n) is 32.2. The van der Waals surface area contributed by atoms with Gasteiger partial charge in [0, 0.05) is 65.0 Å². The first-order valence-electron chi connectivity index (χ1n) is 19.8. The molecule has 0 saturated heterocycles. The number of rotatable bonds is 3. The van der Waals surface area contributed by atoms with Gasteiger partial charge in [-0.1, -0.05) is 103 Å². The van der Waals surface area contributed by atoms with Gasteiger partial charge in [0.2, 0.25) is 0 Å². The van der Waals surface area contributed by atoms with Gasteiger partial charge in [0.25, 0.3) is 0 Å². The lowest BCUT2D eigenvalue weighted by Crippen LogP contribution is -2.30. The molecule has 12 rings (SSSR count). The summed E-state index contributed by atoms with van der Waals surface area (Å²) in [7, 11) is -0.966. The van der Waals surface area contributed by atoms with Gasteiger partial charge in [-0.15, -0.1) is 10.5 Å². The Morgan fingerprint density at radius 1 is 0.678 bits per heavy atom. The Morgan fingerprint density at radius 3 is 2.12 bits per heavy atom. The SMILES string of the molecule is C=S1c2ccc(-c3ccc4c(c3)OC3(C)CC=CC=C43)cc2C(=O)c2cc(-c3ccc4c(c3)C(=O)C3C=C(c5ccc6c(c5)oc5ccccc56)C=CC3S4=C)ccc21. The van der Waals surface area contributed by atoms with Crippen molar-refractivity contribution in [3.8, 4) is 28.0 Å². The average molecular weight is 801 g/mol. The van der Waals surface area contributed by atoms with E-state index in [4.69, 9.17) is 9.15 Å². The highest BCUT2D eigenvalue weighted by Gasteiger charge is 2.40. The van der Waals surface area contributed by atoms with Gasteiger partial charge in [-0.25, -0.2) is 0 Å². The lowest BCUT2D eigenvalue weighted by molar-refractivity contribution is 0.0941. The minimum atomic E-state index is -0.539. The summed E-state index contributed by atoms with van der Waals surface area (Å²) < 4.78 is 12.7. The molecule has 3 aliphatic heterocycles. The monoisotopic (exact) mass is 800 g/mol. The lowest BCUT2D eigenvalue weighted by Gasteiger charge is -2.34. The summed E-state index contributed by atoms with van der Waals surface area (Å²) in [4.78, 5) is 31.8. The van der Waals surface area contributed by atoms with Crippen molar-refractivity contribution in [1.29, 1.82) is 0 Å². The molecular weight excluding hydrogens is 765 g/mol. The number of hydrogen-bond acceptors (Lipinski definition) is 4. The van der Waals surface area contributed by atoms with E-state index in [0.717, 1.165) is 87.7 Å². The van der Waals surface area contributed by atoms with Gasteiger partial charge >= 0.3 is 0 Å². The molecule has 0 radical (unpaired) electrons. The highest BCUT2D eigenvalue weighted by Crippen LogP contribution is 2.51. The Labute approximate surface area is 346 Å². The summed E-state index contributed by atoms with van der Waals surface area (Å²) in [5, 5.41) is 2.17. The lowest BCUT2D eigenvalue weighted by atomic mass is 9.85. The molecule has 6 heteroatoms. The largest absolute Gasteiger partial charge is 0.482 e. The van der Waals surface area contributed by atoms with Crippen LogP contribution >= 0.6 is 21.0 Å². The van der Waals surface area contributed by atoms with Gasteiger partial charge in [0.1, 0.15) is 22.5 Å². The summed E-state index contributed by atoms with van der Waals surface area (Å²) in [6, 6.07) is 39.1. The number of Topliss-reactive ketones (excluding diaryl/α,β-unsaturated/α-hetero) is 1. The second-order valence-electron chi connectivity index (χ2n) is 16.2. The third-order valence-corrected chi connectivity index (χ3v) is 16.6. The predicted molar refractivity (Wildman–Crippen MR) is 245 cm³/mol. The summed E-state index contributed by atoms with van der Waals surface area (Å²) in [6.45, 7) is 2.14. The van der Waals surface area contributed by atoms with Crippen LogP contribution in [-0.4, -0.2) is 34.2 Å². The molecule has 0 bridgehead atoms. The predicted octanol–water partition coefficient (Wildman–Crippen LogP) is 13.0. The second kappa shape index (κ2) is 12.6. The van der Waals surface area contributed by atoms with Gasteiger partial charge < -0.3 is 9.15 Å². The van der Waals surface area contributed by atoms with E-state index in [-0.39, 0.29) is 28.3 Å². The smallest absolute Gasteiger partial charge is 0.195 e. The van der Waals surface area contributed by atoms with Crippen molar-refractivity contribution in [1.82, 2.24) is 0 Å². The van der Waals surface area contributed by atoms with E-state index < -0.39 is 21.0 Å². The minimum Gasteiger partial charge on any atom is -0.482 e.